The highest BCUT2D eigenvalue weighted by Crippen LogP contribution is 2.27. The van der Waals surface area contributed by atoms with Gasteiger partial charge in [0.1, 0.15) is 5.82 Å². The van der Waals surface area contributed by atoms with Crippen LogP contribution in [0.1, 0.15) is 12.8 Å². The minimum atomic E-state index is -0.707. The lowest BCUT2D eigenvalue weighted by atomic mass is 9.92. The summed E-state index contributed by atoms with van der Waals surface area (Å²) in [7, 11) is 0. The summed E-state index contributed by atoms with van der Waals surface area (Å²) in [4.78, 5) is 3.70. The van der Waals surface area contributed by atoms with E-state index in [1.54, 1.807) is 0 Å². The van der Waals surface area contributed by atoms with E-state index in [4.69, 9.17) is 16.3 Å². The summed E-state index contributed by atoms with van der Waals surface area (Å²) in [5.74, 6) is -1.04. The van der Waals surface area contributed by atoms with E-state index in [1.807, 2.05) is 0 Å². The van der Waals surface area contributed by atoms with Gasteiger partial charge < -0.3 is 10.1 Å². The number of nitrogens with zero attached hydrogens (tertiary/aromatic N) is 1. The number of nitrogens with one attached hydrogen (secondary N) is 1. The van der Waals surface area contributed by atoms with E-state index in [9.17, 15) is 8.78 Å². The van der Waals surface area contributed by atoms with Crippen molar-refractivity contribution in [2.75, 3.05) is 24.4 Å². The van der Waals surface area contributed by atoms with Crippen LogP contribution in [0, 0.1) is 11.6 Å². The molecule has 6 heteroatoms. The zero-order chi connectivity index (χ0) is 12.3. The molecule has 1 aliphatic rings. The van der Waals surface area contributed by atoms with Crippen LogP contribution in [0.15, 0.2) is 12.3 Å². The Hall–Kier alpha value is -0.940. The van der Waals surface area contributed by atoms with Crippen molar-refractivity contribution in [3.05, 3.63) is 23.9 Å². The molecule has 1 aromatic heterocycles. The molecule has 0 radical (unpaired) electrons. The van der Waals surface area contributed by atoms with E-state index >= 15 is 0 Å². The monoisotopic (exact) mass is 262 g/mol. The Morgan fingerprint density at radius 2 is 2.12 bits per heavy atom. The normalized spacial score (nSPS) is 19.0. The van der Waals surface area contributed by atoms with Gasteiger partial charge in [0.05, 0.1) is 11.7 Å². The number of ether oxygens (including phenoxy) is 1. The molecule has 0 aromatic carbocycles. The Bertz CT molecular complexity index is 397. The van der Waals surface area contributed by atoms with Crippen LogP contribution >= 0.6 is 11.6 Å². The van der Waals surface area contributed by atoms with Gasteiger partial charge in [-0.25, -0.2) is 13.8 Å². The molecular weight excluding hydrogens is 250 g/mol. The van der Waals surface area contributed by atoms with E-state index in [2.05, 4.69) is 10.3 Å². The van der Waals surface area contributed by atoms with Gasteiger partial charge >= 0.3 is 0 Å². The number of aromatic nitrogens is 1. The molecule has 1 N–H and O–H groups in total. The second-order valence-electron chi connectivity index (χ2n) is 4.14. The number of anilines is 1. The highest BCUT2D eigenvalue weighted by atomic mass is 35.5. The Labute approximate surface area is 103 Å². The van der Waals surface area contributed by atoms with Crippen molar-refractivity contribution in [3.63, 3.8) is 0 Å². The number of alkyl halides is 1. The third-order valence-corrected chi connectivity index (χ3v) is 3.41. The van der Waals surface area contributed by atoms with Gasteiger partial charge in [0.15, 0.2) is 11.6 Å². The van der Waals surface area contributed by atoms with E-state index in [0.717, 1.165) is 12.3 Å². The van der Waals surface area contributed by atoms with Crippen molar-refractivity contribution in [3.8, 4) is 0 Å². The van der Waals surface area contributed by atoms with Crippen LogP contribution in [0.2, 0.25) is 0 Å². The zero-order valence-electron chi connectivity index (χ0n) is 9.18. The largest absolute Gasteiger partial charge is 0.381 e. The lowest BCUT2D eigenvalue weighted by Gasteiger charge is -2.36. The van der Waals surface area contributed by atoms with Crippen LogP contribution in [-0.2, 0) is 4.74 Å². The SMILES string of the molecule is Fc1cnc(NC2(CCl)CCOCC2)c(F)c1. The molecule has 0 aliphatic carbocycles. The summed E-state index contributed by atoms with van der Waals surface area (Å²) in [6.45, 7) is 1.14. The average molecular weight is 263 g/mol. The fourth-order valence-electron chi connectivity index (χ4n) is 1.81. The van der Waals surface area contributed by atoms with Gasteiger partial charge in [-0.15, -0.1) is 11.6 Å². The van der Waals surface area contributed by atoms with Crippen molar-refractivity contribution >= 4 is 17.4 Å². The molecule has 1 saturated heterocycles. The predicted molar refractivity (Wildman–Crippen MR) is 61.3 cm³/mol. The standard InChI is InChI=1S/C11H13ClF2N2O/c12-7-11(1-3-17-4-2-11)16-10-9(14)5-8(13)6-15-10/h5-6H,1-4,7H2,(H,15,16). The molecular formula is C11H13ClF2N2O. The maximum Gasteiger partial charge on any atom is 0.168 e. The number of hydrogen-bond acceptors (Lipinski definition) is 3. The highest BCUT2D eigenvalue weighted by molar-refractivity contribution is 6.18. The molecule has 3 nitrogen and oxygen atoms in total. The Kier molecular flexibility index (Phi) is 3.79. The molecule has 1 fully saturated rings. The van der Waals surface area contributed by atoms with E-state index in [1.165, 1.54) is 0 Å². The van der Waals surface area contributed by atoms with Crippen molar-refractivity contribution in [2.24, 2.45) is 0 Å². The van der Waals surface area contributed by atoms with Gasteiger partial charge in [0, 0.05) is 25.2 Å². The Morgan fingerprint density at radius 3 is 2.71 bits per heavy atom. The minimum Gasteiger partial charge on any atom is -0.381 e. The molecule has 2 heterocycles. The van der Waals surface area contributed by atoms with Gasteiger partial charge in [-0.2, -0.15) is 0 Å². The van der Waals surface area contributed by atoms with Crippen LogP contribution in [0.3, 0.4) is 0 Å². The quantitative estimate of drug-likeness (QED) is 0.850. The first-order chi connectivity index (χ1) is 8.15. The fourth-order valence-corrected chi connectivity index (χ4v) is 2.15. The second-order valence-corrected chi connectivity index (χ2v) is 4.40. The lowest BCUT2D eigenvalue weighted by Crippen LogP contribution is -2.45. The Morgan fingerprint density at radius 1 is 1.41 bits per heavy atom. The molecule has 0 bridgehead atoms. The first-order valence-electron chi connectivity index (χ1n) is 5.38. The summed E-state index contributed by atoms with van der Waals surface area (Å²) < 4.78 is 31.4. The van der Waals surface area contributed by atoms with Crippen LogP contribution < -0.4 is 5.32 Å². The Balaban J connectivity index is 2.17. The van der Waals surface area contributed by atoms with Crippen LogP contribution in [0.4, 0.5) is 14.6 Å². The number of rotatable bonds is 3. The van der Waals surface area contributed by atoms with Gasteiger partial charge in [-0.05, 0) is 12.8 Å². The third kappa shape index (κ3) is 2.84. The molecule has 17 heavy (non-hydrogen) atoms. The van der Waals surface area contributed by atoms with Crippen LogP contribution in [0.5, 0.6) is 0 Å². The zero-order valence-corrected chi connectivity index (χ0v) is 9.94. The summed E-state index contributed by atoms with van der Waals surface area (Å²) in [5.41, 5.74) is -0.425. The van der Waals surface area contributed by atoms with Gasteiger partial charge in [-0.3, -0.25) is 0 Å². The number of hydrogen-bond donors (Lipinski definition) is 1. The molecule has 0 amide bonds. The van der Waals surface area contributed by atoms with E-state index in [0.29, 0.717) is 31.9 Å². The van der Waals surface area contributed by atoms with Crippen molar-refractivity contribution < 1.29 is 13.5 Å². The van der Waals surface area contributed by atoms with Gasteiger partial charge in [0.2, 0.25) is 0 Å². The number of halogens is 3. The third-order valence-electron chi connectivity index (χ3n) is 2.90. The average Bonchev–Trinajstić information content (AvgIpc) is 2.34. The maximum absolute atomic E-state index is 13.5. The van der Waals surface area contributed by atoms with Crippen LogP contribution in [0.25, 0.3) is 0 Å². The minimum absolute atomic E-state index is 0.0361. The molecule has 0 saturated carbocycles. The predicted octanol–water partition coefficient (Wildman–Crippen LogP) is 2.56. The van der Waals surface area contributed by atoms with E-state index < -0.39 is 17.2 Å². The number of pyridine rings is 1. The van der Waals surface area contributed by atoms with Crippen molar-refractivity contribution in [1.82, 2.24) is 4.98 Å². The molecule has 1 aliphatic heterocycles. The molecule has 0 atom stereocenters. The van der Waals surface area contributed by atoms with Crippen LogP contribution in [-0.4, -0.2) is 29.6 Å². The summed E-state index contributed by atoms with van der Waals surface area (Å²) in [5, 5.41) is 2.97. The maximum atomic E-state index is 13.5. The molecule has 94 valence electrons. The fraction of sp³-hybridized carbons (Fsp3) is 0.545. The summed E-state index contributed by atoms with van der Waals surface area (Å²) >= 11 is 5.93. The lowest BCUT2D eigenvalue weighted by molar-refractivity contribution is 0.0665. The molecule has 1 aromatic rings. The second kappa shape index (κ2) is 5.14. The smallest absolute Gasteiger partial charge is 0.168 e. The topological polar surface area (TPSA) is 34.2 Å². The molecule has 2 rings (SSSR count). The van der Waals surface area contributed by atoms with E-state index in [-0.39, 0.29) is 5.82 Å². The molecule has 0 unspecified atom stereocenters. The first-order valence-corrected chi connectivity index (χ1v) is 5.92. The first kappa shape index (κ1) is 12.5. The van der Waals surface area contributed by atoms with Gasteiger partial charge in [0.25, 0.3) is 0 Å². The highest BCUT2D eigenvalue weighted by Gasteiger charge is 2.32. The van der Waals surface area contributed by atoms with Crippen molar-refractivity contribution in [1.29, 1.82) is 0 Å². The van der Waals surface area contributed by atoms with Crippen molar-refractivity contribution in [2.45, 2.75) is 18.4 Å². The molecule has 0 spiro atoms. The summed E-state index contributed by atoms with van der Waals surface area (Å²) in [6, 6.07) is 0.802. The van der Waals surface area contributed by atoms with Gasteiger partial charge in [-0.1, -0.05) is 0 Å². The summed E-state index contributed by atoms with van der Waals surface area (Å²) in [6.07, 6.45) is 2.33.